The molecule has 0 amide bonds. The van der Waals surface area contributed by atoms with Gasteiger partial charge in [-0.05, 0) is 12.1 Å². The van der Waals surface area contributed by atoms with Crippen LogP contribution >= 0.6 is 0 Å². The van der Waals surface area contributed by atoms with E-state index in [1.54, 1.807) is 30.3 Å². The van der Waals surface area contributed by atoms with Gasteiger partial charge in [-0.3, -0.25) is 4.40 Å². The van der Waals surface area contributed by atoms with Crippen LogP contribution < -0.4 is 0 Å². The highest BCUT2D eigenvalue weighted by Gasteiger charge is 2.22. The Morgan fingerprint density at radius 2 is 1.82 bits per heavy atom. The average molecular weight is 296 g/mol. The lowest BCUT2D eigenvalue weighted by atomic mass is 10.2. The Hall–Kier alpha value is -3.15. The van der Waals surface area contributed by atoms with E-state index in [1.165, 1.54) is 11.5 Å². The molecule has 3 rings (SSSR count). The number of carboxylic acids is 1. The van der Waals surface area contributed by atoms with E-state index in [0.29, 0.717) is 16.9 Å². The van der Waals surface area contributed by atoms with Gasteiger partial charge in [0.2, 0.25) is 0 Å². The number of carbonyl (C=O) groups is 2. The Kier molecular flexibility index (Phi) is 3.34. The summed E-state index contributed by atoms with van der Waals surface area (Å²) < 4.78 is 6.27. The zero-order valence-electron chi connectivity index (χ0n) is 11.7. The largest absolute Gasteiger partial charge is 0.476 e. The first-order chi connectivity index (χ1) is 10.6. The van der Waals surface area contributed by atoms with E-state index in [9.17, 15) is 14.7 Å². The number of imidazole rings is 1. The number of hydrogen-bond donors (Lipinski definition) is 1. The maximum Gasteiger partial charge on any atom is 0.356 e. The Bertz CT molecular complexity index is 868. The van der Waals surface area contributed by atoms with Gasteiger partial charge < -0.3 is 9.84 Å². The average Bonchev–Trinajstić information content (AvgIpc) is 2.95. The summed E-state index contributed by atoms with van der Waals surface area (Å²) in [5.74, 6) is -1.33. The molecule has 110 valence electrons. The van der Waals surface area contributed by atoms with Crippen molar-refractivity contribution in [2.45, 2.75) is 0 Å². The van der Waals surface area contributed by atoms with E-state index in [4.69, 9.17) is 4.74 Å². The van der Waals surface area contributed by atoms with Crippen LogP contribution in [0.25, 0.3) is 16.9 Å². The van der Waals surface area contributed by atoms with Crippen molar-refractivity contribution in [3.8, 4) is 11.4 Å². The predicted octanol–water partition coefficient (Wildman–Crippen LogP) is 2.49. The summed E-state index contributed by atoms with van der Waals surface area (Å²) in [6, 6.07) is 13.9. The highest BCUT2D eigenvalue weighted by molar-refractivity contribution is 5.97. The van der Waals surface area contributed by atoms with Crippen LogP contribution in [0, 0.1) is 0 Å². The third-order valence-electron chi connectivity index (χ3n) is 3.29. The molecule has 0 aliphatic rings. The molecule has 0 unspecified atom stereocenters. The van der Waals surface area contributed by atoms with Crippen LogP contribution in [0.2, 0.25) is 0 Å². The van der Waals surface area contributed by atoms with Gasteiger partial charge in [-0.1, -0.05) is 36.4 Å². The van der Waals surface area contributed by atoms with Gasteiger partial charge in [-0.2, -0.15) is 0 Å². The molecule has 2 aromatic heterocycles. The first-order valence-corrected chi connectivity index (χ1v) is 6.52. The second-order valence-corrected chi connectivity index (χ2v) is 4.58. The molecule has 0 radical (unpaired) electrons. The SMILES string of the molecule is COC(=O)c1cccc2c(C(=O)O)nc(-c3ccccc3)n12. The van der Waals surface area contributed by atoms with Crippen molar-refractivity contribution < 1.29 is 19.4 Å². The molecule has 1 N–H and O–H groups in total. The van der Waals surface area contributed by atoms with E-state index >= 15 is 0 Å². The maximum absolute atomic E-state index is 12.0. The standard InChI is InChI=1S/C16H12N2O4/c1-22-16(21)12-9-5-8-11-13(15(19)20)17-14(18(11)12)10-6-3-2-4-7-10/h2-9H,1H3,(H,19,20). The highest BCUT2D eigenvalue weighted by atomic mass is 16.5. The molecule has 0 spiro atoms. The number of aromatic carboxylic acids is 1. The molecule has 2 heterocycles. The van der Waals surface area contributed by atoms with Gasteiger partial charge in [0, 0.05) is 5.56 Å². The van der Waals surface area contributed by atoms with Crippen LogP contribution in [0.1, 0.15) is 21.0 Å². The van der Waals surface area contributed by atoms with Gasteiger partial charge >= 0.3 is 11.9 Å². The first-order valence-electron chi connectivity index (χ1n) is 6.52. The second-order valence-electron chi connectivity index (χ2n) is 4.58. The van der Waals surface area contributed by atoms with Crippen molar-refractivity contribution in [3.63, 3.8) is 0 Å². The van der Waals surface area contributed by atoms with Crippen molar-refractivity contribution in [2.24, 2.45) is 0 Å². The number of nitrogens with zero attached hydrogens (tertiary/aromatic N) is 2. The molecule has 6 heteroatoms. The van der Waals surface area contributed by atoms with Crippen molar-refractivity contribution in [2.75, 3.05) is 7.11 Å². The Balaban J connectivity index is 2.41. The van der Waals surface area contributed by atoms with E-state index in [-0.39, 0.29) is 11.4 Å². The number of methoxy groups -OCH3 is 1. The quantitative estimate of drug-likeness (QED) is 0.751. The lowest BCUT2D eigenvalue weighted by Crippen LogP contribution is -2.09. The second kappa shape index (κ2) is 5.33. The van der Waals surface area contributed by atoms with Crippen LogP contribution in [0.15, 0.2) is 48.5 Å². The summed E-state index contributed by atoms with van der Waals surface area (Å²) in [5, 5.41) is 9.34. The summed E-state index contributed by atoms with van der Waals surface area (Å²) in [6.45, 7) is 0. The van der Waals surface area contributed by atoms with Crippen molar-refractivity contribution in [1.82, 2.24) is 9.38 Å². The van der Waals surface area contributed by atoms with Gasteiger partial charge in [0.15, 0.2) is 5.69 Å². The molecular formula is C16H12N2O4. The van der Waals surface area contributed by atoms with Gasteiger partial charge in [0.05, 0.1) is 12.6 Å². The third kappa shape index (κ3) is 2.10. The number of pyridine rings is 1. The monoisotopic (exact) mass is 296 g/mol. The number of benzene rings is 1. The van der Waals surface area contributed by atoms with Crippen LogP contribution in [0.4, 0.5) is 0 Å². The normalized spacial score (nSPS) is 10.6. The fourth-order valence-corrected chi connectivity index (χ4v) is 2.34. The van der Waals surface area contributed by atoms with Crippen LogP contribution in [0.3, 0.4) is 0 Å². The zero-order valence-corrected chi connectivity index (χ0v) is 11.7. The number of ether oxygens (including phenoxy) is 1. The maximum atomic E-state index is 12.0. The Morgan fingerprint density at radius 3 is 2.45 bits per heavy atom. The molecule has 3 aromatic rings. The minimum atomic E-state index is -1.15. The lowest BCUT2D eigenvalue weighted by Gasteiger charge is -2.07. The van der Waals surface area contributed by atoms with Gasteiger partial charge in [0.25, 0.3) is 0 Å². The lowest BCUT2D eigenvalue weighted by molar-refractivity contribution is 0.0591. The Morgan fingerprint density at radius 1 is 1.09 bits per heavy atom. The smallest absolute Gasteiger partial charge is 0.356 e. The number of carboxylic acid groups (broad SMARTS) is 1. The molecule has 1 aromatic carbocycles. The molecule has 6 nitrogen and oxygen atoms in total. The van der Waals surface area contributed by atoms with Gasteiger partial charge in [-0.25, -0.2) is 14.6 Å². The minimum absolute atomic E-state index is 0.107. The van der Waals surface area contributed by atoms with Crippen LogP contribution in [-0.2, 0) is 4.74 Å². The molecule has 0 atom stereocenters. The number of rotatable bonds is 3. The first kappa shape index (κ1) is 13.8. The summed E-state index contributed by atoms with van der Waals surface area (Å²) in [4.78, 5) is 27.6. The van der Waals surface area contributed by atoms with Crippen molar-refractivity contribution >= 4 is 17.5 Å². The van der Waals surface area contributed by atoms with Crippen LogP contribution in [0.5, 0.6) is 0 Å². The number of carbonyl (C=O) groups excluding carboxylic acids is 1. The van der Waals surface area contributed by atoms with E-state index < -0.39 is 11.9 Å². The summed E-state index contributed by atoms with van der Waals surface area (Å²) in [6.07, 6.45) is 0. The molecule has 0 aliphatic heterocycles. The molecule has 0 fully saturated rings. The van der Waals surface area contributed by atoms with E-state index in [2.05, 4.69) is 4.98 Å². The summed E-state index contributed by atoms with van der Waals surface area (Å²) in [7, 11) is 1.28. The van der Waals surface area contributed by atoms with E-state index in [1.807, 2.05) is 18.2 Å². The molecule has 0 bridgehead atoms. The van der Waals surface area contributed by atoms with E-state index in [0.717, 1.165) is 0 Å². The van der Waals surface area contributed by atoms with Crippen LogP contribution in [-0.4, -0.2) is 33.5 Å². The number of esters is 1. The van der Waals surface area contributed by atoms with Gasteiger partial charge in [-0.15, -0.1) is 0 Å². The number of aromatic nitrogens is 2. The molecule has 0 saturated carbocycles. The number of hydrogen-bond acceptors (Lipinski definition) is 4. The highest BCUT2D eigenvalue weighted by Crippen LogP contribution is 2.25. The topological polar surface area (TPSA) is 80.9 Å². The summed E-state index contributed by atoms with van der Waals surface area (Å²) >= 11 is 0. The minimum Gasteiger partial charge on any atom is -0.476 e. The van der Waals surface area contributed by atoms with Crippen molar-refractivity contribution in [1.29, 1.82) is 0 Å². The Labute approximate surface area is 125 Å². The zero-order chi connectivity index (χ0) is 15.7. The number of fused-ring (bicyclic) bond motifs is 1. The molecule has 0 saturated heterocycles. The fourth-order valence-electron chi connectivity index (χ4n) is 2.34. The molecule has 22 heavy (non-hydrogen) atoms. The van der Waals surface area contributed by atoms with Gasteiger partial charge in [0.1, 0.15) is 11.5 Å². The third-order valence-corrected chi connectivity index (χ3v) is 3.29. The molecule has 0 aliphatic carbocycles. The predicted molar refractivity (Wildman–Crippen MR) is 78.9 cm³/mol. The fraction of sp³-hybridized carbons (Fsp3) is 0.0625. The van der Waals surface area contributed by atoms with Crippen molar-refractivity contribution in [3.05, 3.63) is 59.9 Å². The molecular weight excluding hydrogens is 284 g/mol. The summed E-state index contributed by atoms with van der Waals surface area (Å²) in [5.41, 5.74) is 1.17.